The molecule has 1 amide bonds. The third kappa shape index (κ3) is 3.22. The van der Waals surface area contributed by atoms with Crippen LogP contribution in [0.25, 0.3) is 10.2 Å². The van der Waals surface area contributed by atoms with Crippen molar-refractivity contribution in [3.05, 3.63) is 27.1 Å². The van der Waals surface area contributed by atoms with Gasteiger partial charge in [0, 0.05) is 32.7 Å². The van der Waals surface area contributed by atoms with Crippen LogP contribution < -0.4 is 10.9 Å². The second-order valence-electron chi connectivity index (χ2n) is 6.10. The van der Waals surface area contributed by atoms with Crippen LogP contribution in [-0.4, -0.2) is 59.2 Å². The lowest BCUT2D eigenvalue weighted by Crippen LogP contribution is -2.47. The third-order valence-corrected chi connectivity index (χ3v) is 5.64. The summed E-state index contributed by atoms with van der Waals surface area (Å²) in [6.07, 6.45) is 1.49. The number of ether oxygens (including phenoxy) is 1. The lowest BCUT2D eigenvalue weighted by atomic mass is 10.2. The normalized spacial score (nSPS) is 17.1. The molecule has 3 rings (SSSR count). The van der Waals surface area contributed by atoms with Gasteiger partial charge in [-0.15, -0.1) is 11.3 Å². The molecule has 0 aromatic carbocycles. The van der Waals surface area contributed by atoms with Crippen molar-refractivity contribution in [3.63, 3.8) is 0 Å². The predicted octanol–water partition coefficient (Wildman–Crippen LogP) is 0.754. The Morgan fingerprint density at radius 2 is 2.17 bits per heavy atom. The summed E-state index contributed by atoms with van der Waals surface area (Å²) >= 11 is 1.27. The molecule has 7 nitrogen and oxygen atoms in total. The van der Waals surface area contributed by atoms with Crippen LogP contribution in [0.2, 0.25) is 0 Å². The van der Waals surface area contributed by atoms with Crippen molar-refractivity contribution in [1.29, 1.82) is 0 Å². The van der Waals surface area contributed by atoms with Crippen molar-refractivity contribution in [3.8, 4) is 0 Å². The predicted molar refractivity (Wildman–Crippen MR) is 93.8 cm³/mol. The van der Waals surface area contributed by atoms with Gasteiger partial charge in [0.25, 0.3) is 11.5 Å². The Kier molecular flexibility index (Phi) is 4.98. The van der Waals surface area contributed by atoms with E-state index in [0.29, 0.717) is 27.2 Å². The number of nitrogens with one attached hydrogen (secondary N) is 1. The first-order valence-electron chi connectivity index (χ1n) is 8.03. The van der Waals surface area contributed by atoms with E-state index >= 15 is 0 Å². The number of hydrogen-bond acceptors (Lipinski definition) is 6. The molecule has 0 spiro atoms. The van der Waals surface area contributed by atoms with E-state index in [1.807, 2.05) is 6.92 Å². The van der Waals surface area contributed by atoms with Gasteiger partial charge in [-0.05, 0) is 19.4 Å². The molecule has 0 radical (unpaired) electrons. The van der Waals surface area contributed by atoms with Gasteiger partial charge in [0.1, 0.15) is 4.83 Å². The fourth-order valence-corrected chi connectivity index (χ4v) is 3.95. The molecule has 0 saturated carbocycles. The van der Waals surface area contributed by atoms with Crippen LogP contribution in [0.5, 0.6) is 0 Å². The molecule has 1 saturated heterocycles. The molecule has 2 aromatic rings. The van der Waals surface area contributed by atoms with Crippen molar-refractivity contribution in [2.75, 3.05) is 32.8 Å². The molecule has 1 aliphatic rings. The monoisotopic (exact) mass is 350 g/mol. The zero-order valence-corrected chi connectivity index (χ0v) is 15.0. The summed E-state index contributed by atoms with van der Waals surface area (Å²) in [5.74, 6) is -0.141. The summed E-state index contributed by atoms with van der Waals surface area (Å²) in [6.45, 7) is 7.73. The molecule has 24 heavy (non-hydrogen) atoms. The van der Waals surface area contributed by atoms with E-state index < -0.39 is 0 Å². The maximum Gasteiger partial charge on any atom is 0.262 e. The molecule has 1 fully saturated rings. The van der Waals surface area contributed by atoms with Crippen LogP contribution in [0.3, 0.4) is 0 Å². The SMILES string of the molecule is Cc1c(C(=O)NCC(C)N2CCOCC2)sc2ncn(C)c(=O)c12. The highest BCUT2D eigenvalue weighted by Gasteiger charge is 2.21. The highest BCUT2D eigenvalue weighted by molar-refractivity contribution is 7.20. The van der Waals surface area contributed by atoms with Gasteiger partial charge in [-0.1, -0.05) is 0 Å². The van der Waals surface area contributed by atoms with Crippen LogP contribution in [0.1, 0.15) is 22.2 Å². The molecule has 1 aliphatic heterocycles. The van der Waals surface area contributed by atoms with Crippen LogP contribution in [0.4, 0.5) is 0 Å². The summed E-state index contributed by atoms with van der Waals surface area (Å²) in [5, 5.41) is 3.52. The van der Waals surface area contributed by atoms with E-state index in [2.05, 4.69) is 22.1 Å². The lowest BCUT2D eigenvalue weighted by molar-refractivity contribution is 0.0204. The third-order valence-electron chi connectivity index (χ3n) is 4.44. The minimum Gasteiger partial charge on any atom is -0.379 e. The maximum atomic E-state index is 12.5. The van der Waals surface area contributed by atoms with E-state index in [4.69, 9.17) is 4.74 Å². The van der Waals surface area contributed by atoms with Crippen molar-refractivity contribution in [2.45, 2.75) is 19.9 Å². The van der Waals surface area contributed by atoms with E-state index in [1.54, 1.807) is 7.05 Å². The first-order valence-corrected chi connectivity index (χ1v) is 8.85. The summed E-state index contributed by atoms with van der Waals surface area (Å²) in [4.78, 5) is 32.5. The van der Waals surface area contributed by atoms with Crippen LogP contribution in [0.15, 0.2) is 11.1 Å². The maximum absolute atomic E-state index is 12.5. The van der Waals surface area contributed by atoms with Crippen LogP contribution in [0, 0.1) is 6.92 Å². The van der Waals surface area contributed by atoms with Gasteiger partial charge in [-0.3, -0.25) is 14.5 Å². The molecule has 1 unspecified atom stereocenters. The summed E-state index contributed by atoms with van der Waals surface area (Å²) in [6, 6.07) is 0.249. The molecule has 3 heterocycles. The van der Waals surface area contributed by atoms with Gasteiger partial charge < -0.3 is 14.6 Å². The highest BCUT2D eigenvalue weighted by Crippen LogP contribution is 2.26. The molecule has 1 atom stereocenters. The molecule has 130 valence electrons. The summed E-state index contributed by atoms with van der Waals surface area (Å²) < 4.78 is 6.78. The second kappa shape index (κ2) is 7.00. The Bertz CT molecular complexity index is 807. The van der Waals surface area contributed by atoms with E-state index in [0.717, 1.165) is 26.3 Å². The van der Waals surface area contributed by atoms with Crippen LogP contribution >= 0.6 is 11.3 Å². The standard InChI is InChI=1S/C16H22N4O3S/c1-10(20-4-6-23-7-5-20)8-17-14(21)13-11(2)12-15(24-13)18-9-19(3)16(12)22/h9-10H,4-8H2,1-3H3,(H,17,21). The first kappa shape index (κ1) is 17.1. The average molecular weight is 350 g/mol. The molecule has 1 N–H and O–H groups in total. The lowest BCUT2D eigenvalue weighted by Gasteiger charge is -2.32. The summed E-state index contributed by atoms with van der Waals surface area (Å²) in [5.41, 5.74) is 0.592. The van der Waals surface area contributed by atoms with Gasteiger partial charge in [0.2, 0.25) is 0 Å². The fourth-order valence-electron chi connectivity index (χ4n) is 2.89. The number of carbonyl (C=O) groups is 1. The van der Waals surface area contributed by atoms with E-state index in [9.17, 15) is 9.59 Å². The Hall–Kier alpha value is -1.77. The fraction of sp³-hybridized carbons (Fsp3) is 0.562. The molecule has 0 bridgehead atoms. The molecular weight excluding hydrogens is 328 g/mol. The molecule has 2 aromatic heterocycles. The van der Waals surface area contributed by atoms with Crippen LogP contribution in [-0.2, 0) is 11.8 Å². The van der Waals surface area contributed by atoms with Gasteiger partial charge in [0.15, 0.2) is 0 Å². The number of nitrogens with zero attached hydrogens (tertiary/aromatic N) is 3. The smallest absolute Gasteiger partial charge is 0.262 e. The van der Waals surface area contributed by atoms with E-state index in [-0.39, 0.29) is 17.5 Å². The largest absolute Gasteiger partial charge is 0.379 e. The number of thiophene rings is 1. The minimum absolute atomic E-state index is 0.116. The number of fused-ring (bicyclic) bond motifs is 1. The number of amides is 1. The molecule has 0 aliphatic carbocycles. The van der Waals surface area contributed by atoms with E-state index in [1.165, 1.54) is 22.2 Å². The van der Waals surface area contributed by atoms with Gasteiger partial charge in [-0.2, -0.15) is 0 Å². The van der Waals surface area contributed by atoms with Crippen molar-refractivity contribution in [2.24, 2.45) is 7.05 Å². The second-order valence-corrected chi connectivity index (χ2v) is 7.10. The minimum atomic E-state index is -0.141. The summed E-state index contributed by atoms with van der Waals surface area (Å²) in [7, 11) is 1.66. The average Bonchev–Trinajstić information content (AvgIpc) is 2.94. The van der Waals surface area contributed by atoms with Gasteiger partial charge in [0.05, 0.1) is 29.8 Å². The number of aryl methyl sites for hydroxylation is 2. The molecular formula is C16H22N4O3S. The van der Waals surface area contributed by atoms with Gasteiger partial charge >= 0.3 is 0 Å². The zero-order chi connectivity index (χ0) is 17.3. The number of carbonyl (C=O) groups excluding carboxylic acids is 1. The Morgan fingerprint density at radius 3 is 2.88 bits per heavy atom. The zero-order valence-electron chi connectivity index (χ0n) is 14.2. The quantitative estimate of drug-likeness (QED) is 0.881. The first-order chi connectivity index (χ1) is 11.5. The molecule has 8 heteroatoms. The number of aromatic nitrogens is 2. The van der Waals surface area contributed by atoms with Gasteiger partial charge in [-0.25, -0.2) is 4.98 Å². The van der Waals surface area contributed by atoms with Crippen molar-refractivity contribution >= 4 is 27.5 Å². The Balaban J connectivity index is 1.73. The van der Waals surface area contributed by atoms with Crippen molar-refractivity contribution in [1.82, 2.24) is 19.8 Å². The number of morpholine rings is 1. The Labute approximate surface area is 144 Å². The highest BCUT2D eigenvalue weighted by atomic mass is 32.1. The van der Waals surface area contributed by atoms with Crippen molar-refractivity contribution < 1.29 is 9.53 Å². The number of hydrogen-bond donors (Lipinski definition) is 1. The Morgan fingerprint density at radius 1 is 1.46 bits per heavy atom. The topological polar surface area (TPSA) is 76.5 Å². The number of rotatable bonds is 4.